The third-order valence-corrected chi connectivity index (χ3v) is 3.63. The molecule has 2 aromatic heterocycles. The zero-order valence-electron chi connectivity index (χ0n) is 9.59. The van der Waals surface area contributed by atoms with Crippen molar-refractivity contribution in [2.24, 2.45) is 0 Å². The lowest BCUT2D eigenvalue weighted by molar-refractivity contribution is 1.23. The normalized spacial score (nSPS) is 10.3. The summed E-state index contributed by atoms with van der Waals surface area (Å²) < 4.78 is 0.953. The second kappa shape index (κ2) is 4.84. The van der Waals surface area contributed by atoms with E-state index in [0.29, 0.717) is 11.4 Å². The molecule has 92 valence electrons. The number of rotatable bonds is 2. The van der Waals surface area contributed by atoms with Crippen LogP contribution < -0.4 is 5.32 Å². The Balaban J connectivity index is 2.00. The first-order chi connectivity index (χ1) is 9.26. The van der Waals surface area contributed by atoms with E-state index in [1.165, 1.54) is 0 Å². The molecular weight excluding hydrogens is 280 g/mol. The first-order valence-corrected chi connectivity index (χ1v) is 6.70. The van der Waals surface area contributed by atoms with Crippen molar-refractivity contribution in [3.05, 3.63) is 46.6 Å². The Labute approximate surface area is 118 Å². The van der Waals surface area contributed by atoms with Crippen molar-refractivity contribution in [1.82, 2.24) is 9.97 Å². The molecule has 0 unspecified atom stereocenters. The number of fused-ring (bicyclic) bond motifs is 1. The van der Waals surface area contributed by atoms with Gasteiger partial charge in [-0.3, -0.25) is 0 Å². The van der Waals surface area contributed by atoms with E-state index in [4.69, 9.17) is 16.9 Å². The zero-order valence-corrected chi connectivity index (χ0v) is 11.2. The maximum atomic E-state index is 8.76. The number of halogens is 1. The minimum absolute atomic E-state index is 0.210. The second-order valence-corrected chi connectivity index (χ2v) is 5.04. The van der Waals surface area contributed by atoms with Gasteiger partial charge in [0.2, 0.25) is 5.28 Å². The van der Waals surface area contributed by atoms with Gasteiger partial charge in [-0.15, -0.1) is 11.3 Å². The number of hydrogen-bond acceptors (Lipinski definition) is 5. The summed E-state index contributed by atoms with van der Waals surface area (Å²) in [6.45, 7) is 0. The van der Waals surface area contributed by atoms with Crippen molar-refractivity contribution in [2.75, 3.05) is 5.32 Å². The fourth-order valence-corrected chi connectivity index (χ4v) is 2.64. The van der Waals surface area contributed by atoms with E-state index < -0.39 is 0 Å². The zero-order chi connectivity index (χ0) is 13.2. The van der Waals surface area contributed by atoms with Gasteiger partial charge in [-0.2, -0.15) is 10.2 Å². The number of thiophene rings is 1. The predicted octanol–water partition coefficient (Wildman–Crippen LogP) is 3.96. The third kappa shape index (κ3) is 2.36. The molecule has 4 nitrogen and oxygen atoms in total. The Bertz CT molecular complexity index is 773. The smallest absolute Gasteiger partial charge is 0.224 e. The van der Waals surface area contributed by atoms with Crippen molar-refractivity contribution in [3.63, 3.8) is 0 Å². The maximum absolute atomic E-state index is 8.76. The quantitative estimate of drug-likeness (QED) is 0.724. The number of benzene rings is 1. The summed E-state index contributed by atoms with van der Waals surface area (Å²) in [5.74, 6) is 0.676. The molecule has 0 bridgehead atoms. The minimum atomic E-state index is 0.210. The summed E-state index contributed by atoms with van der Waals surface area (Å²) in [5.41, 5.74) is 2.29. The molecule has 6 heteroatoms. The van der Waals surface area contributed by atoms with Crippen LogP contribution in [0.5, 0.6) is 0 Å². The summed E-state index contributed by atoms with van der Waals surface area (Å²) in [7, 11) is 0. The molecule has 2 heterocycles. The van der Waals surface area contributed by atoms with Crippen molar-refractivity contribution in [1.29, 1.82) is 5.26 Å². The van der Waals surface area contributed by atoms with Gasteiger partial charge in [0.05, 0.1) is 21.8 Å². The van der Waals surface area contributed by atoms with Gasteiger partial charge in [0.1, 0.15) is 0 Å². The van der Waals surface area contributed by atoms with Gasteiger partial charge in [-0.05, 0) is 47.3 Å². The van der Waals surface area contributed by atoms with E-state index in [-0.39, 0.29) is 5.28 Å². The highest BCUT2D eigenvalue weighted by atomic mass is 35.5. The van der Waals surface area contributed by atoms with E-state index in [2.05, 4.69) is 21.4 Å². The van der Waals surface area contributed by atoms with Crippen molar-refractivity contribution >= 4 is 44.7 Å². The lowest BCUT2D eigenvalue weighted by Gasteiger charge is -2.06. The lowest BCUT2D eigenvalue weighted by atomic mass is 10.2. The van der Waals surface area contributed by atoms with Gasteiger partial charge < -0.3 is 5.32 Å². The van der Waals surface area contributed by atoms with Crippen LogP contribution in [-0.4, -0.2) is 9.97 Å². The number of anilines is 2. The SMILES string of the molecule is N#Cc1ccc(Nc2nc(Cl)nc3ccsc23)cc1. The molecular formula is C13H7ClN4S. The van der Waals surface area contributed by atoms with E-state index in [9.17, 15) is 0 Å². The first kappa shape index (κ1) is 11.9. The Hall–Kier alpha value is -2.16. The number of nitriles is 1. The van der Waals surface area contributed by atoms with Gasteiger partial charge in [0.15, 0.2) is 5.82 Å². The fourth-order valence-electron chi connectivity index (χ4n) is 1.68. The topological polar surface area (TPSA) is 61.6 Å². The third-order valence-electron chi connectivity index (χ3n) is 2.55. The van der Waals surface area contributed by atoms with Crippen LogP contribution in [0.1, 0.15) is 5.56 Å². The average Bonchev–Trinajstić information content (AvgIpc) is 2.88. The standard InChI is InChI=1S/C13H7ClN4S/c14-13-17-10-5-6-19-11(10)12(18-13)16-9-3-1-8(7-15)2-4-9/h1-6H,(H,16,17,18). The van der Waals surface area contributed by atoms with Gasteiger partial charge in [-0.25, -0.2) is 4.98 Å². The van der Waals surface area contributed by atoms with E-state index in [0.717, 1.165) is 15.9 Å². The molecule has 0 aliphatic heterocycles. The molecule has 0 saturated heterocycles. The van der Waals surface area contributed by atoms with Gasteiger partial charge in [-0.1, -0.05) is 0 Å². The van der Waals surface area contributed by atoms with Gasteiger partial charge in [0, 0.05) is 5.69 Å². The lowest BCUT2D eigenvalue weighted by Crippen LogP contribution is -1.95. The number of nitrogens with zero attached hydrogens (tertiary/aromatic N) is 3. The van der Waals surface area contributed by atoms with Crippen molar-refractivity contribution in [3.8, 4) is 6.07 Å². The average molecular weight is 287 g/mol. The van der Waals surface area contributed by atoms with E-state index in [1.54, 1.807) is 23.5 Å². The Morgan fingerprint density at radius 2 is 1.95 bits per heavy atom. The molecule has 3 aromatic rings. The largest absolute Gasteiger partial charge is 0.339 e. The maximum Gasteiger partial charge on any atom is 0.224 e. The summed E-state index contributed by atoms with van der Waals surface area (Å²) in [6, 6.07) is 11.1. The molecule has 0 atom stereocenters. The molecule has 0 aliphatic carbocycles. The van der Waals surface area contributed by atoms with Crippen LogP contribution in [0, 0.1) is 11.3 Å². The summed E-state index contributed by atoms with van der Waals surface area (Å²) in [5, 5.41) is 14.1. The number of nitrogens with one attached hydrogen (secondary N) is 1. The molecule has 0 amide bonds. The molecule has 0 aliphatic rings. The number of aromatic nitrogens is 2. The monoisotopic (exact) mass is 286 g/mol. The second-order valence-electron chi connectivity index (χ2n) is 3.79. The predicted molar refractivity (Wildman–Crippen MR) is 76.9 cm³/mol. The van der Waals surface area contributed by atoms with Crippen LogP contribution in [0.4, 0.5) is 11.5 Å². The van der Waals surface area contributed by atoms with Crippen LogP contribution in [0.2, 0.25) is 5.28 Å². The molecule has 0 radical (unpaired) electrons. The molecule has 0 spiro atoms. The number of hydrogen-bond donors (Lipinski definition) is 1. The van der Waals surface area contributed by atoms with Crippen molar-refractivity contribution in [2.45, 2.75) is 0 Å². The molecule has 1 N–H and O–H groups in total. The molecule has 3 rings (SSSR count). The van der Waals surface area contributed by atoms with Crippen LogP contribution >= 0.6 is 22.9 Å². The van der Waals surface area contributed by atoms with Gasteiger partial charge >= 0.3 is 0 Å². The highest BCUT2D eigenvalue weighted by Gasteiger charge is 2.08. The molecule has 0 fully saturated rings. The molecule has 0 saturated carbocycles. The summed E-state index contributed by atoms with van der Waals surface area (Å²) >= 11 is 7.45. The first-order valence-electron chi connectivity index (χ1n) is 5.44. The van der Waals surface area contributed by atoms with E-state index in [1.807, 2.05) is 23.6 Å². The van der Waals surface area contributed by atoms with E-state index >= 15 is 0 Å². The van der Waals surface area contributed by atoms with Gasteiger partial charge in [0.25, 0.3) is 0 Å². The summed E-state index contributed by atoms with van der Waals surface area (Å²) in [6.07, 6.45) is 0. The molecule has 19 heavy (non-hydrogen) atoms. The molecule has 1 aromatic carbocycles. The Kier molecular flexibility index (Phi) is 3.03. The van der Waals surface area contributed by atoms with Crippen LogP contribution in [0.25, 0.3) is 10.2 Å². The highest BCUT2D eigenvalue weighted by Crippen LogP contribution is 2.29. The minimum Gasteiger partial charge on any atom is -0.339 e. The van der Waals surface area contributed by atoms with Crippen molar-refractivity contribution < 1.29 is 0 Å². The highest BCUT2D eigenvalue weighted by molar-refractivity contribution is 7.17. The Morgan fingerprint density at radius 3 is 2.68 bits per heavy atom. The van der Waals surface area contributed by atoms with Crippen LogP contribution in [-0.2, 0) is 0 Å². The summed E-state index contributed by atoms with van der Waals surface area (Å²) in [4.78, 5) is 8.35. The van der Waals surface area contributed by atoms with Crippen LogP contribution in [0.3, 0.4) is 0 Å². The Morgan fingerprint density at radius 1 is 1.16 bits per heavy atom. The van der Waals surface area contributed by atoms with Crippen LogP contribution in [0.15, 0.2) is 35.7 Å². The fraction of sp³-hybridized carbons (Fsp3) is 0.